The fraction of sp³-hybridized carbons (Fsp3) is 0.933. The average Bonchev–Trinajstić information content (AvgIpc) is 2.23. The third-order valence-electron chi connectivity index (χ3n) is 3.19. The molecule has 1 rings (SSSR count). The highest BCUT2D eigenvalue weighted by Gasteiger charge is 2.35. The van der Waals surface area contributed by atoms with E-state index in [0.29, 0.717) is 19.7 Å². The molecule has 1 heterocycles. The summed E-state index contributed by atoms with van der Waals surface area (Å²) < 4.78 is 11.5. The van der Waals surface area contributed by atoms with Crippen LogP contribution >= 0.6 is 0 Å². The number of nitrogens with zero attached hydrogens (tertiary/aromatic N) is 2. The summed E-state index contributed by atoms with van der Waals surface area (Å²) in [6, 6.07) is 0. The summed E-state index contributed by atoms with van der Waals surface area (Å²) in [7, 11) is 3.41. The number of carbonyl (C=O) groups excluding carboxylic acids is 1. The molecule has 1 N–H and O–H groups in total. The molecule has 0 aromatic carbocycles. The van der Waals surface area contributed by atoms with Crippen LogP contribution in [0.1, 0.15) is 27.7 Å². The van der Waals surface area contributed by atoms with E-state index in [2.05, 4.69) is 4.90 Å². The normalized spacial score (nSPS) is 23.1. The molecule has 0 bridgehead atoms. The summed E-state index contributed by atoms with van der Waals surface area (Å²) >= 11 is 0. The zero-order chi connectivity index (χ0) is 16.3. The Balaban J connectivity index is 2.48. The fourth-order valence-electron chi connectivity index (χ4n) is 2.58. The Bertz CT molecular complexity index is 348. The molecule has 1 fully saturated rings. The van der Waals surface area contributed by atoms with E-state index >= 15 is 0 Å². The summed E-state index contributed by atoms with van der Waals surface area (Å²) in [6.07, 6.45) is -0.0916. The molecular weight excluding hydrogens is 272 g/mol. The van der Waals surface area contributed by atoms with Crippen LogP contribution in [-0.2, 0) is 14.3 Å². The number of amides is 1. The van der Waals surface area contributed by atoms with E-state index in [4.69, 9.17) is 9.47 Å². The molecule has 21 heavy (non-hydrogen) atoms. The lowest BCUT2D eigenvalue weighted by atomic mass is 10.0. The number of carbonyl (C=O) groups is 1. The molecule has 6 nitrogen and oxygen atoms in total. The number of rotatable bonds is 6. The highest BCUT2D eigenvalue weighted by atomic mass is 16.6. The van der Waals surface area contributed by atoms with E-state index in [0.717, 1.165) is 6.54 Å². The van der Waals surface area contributed by atoms with E-state index in [9.17, 15) is 9.90 Å². The second kappa shape index (κ2) is 7.05. The number of likely N-dealkylation sites (N-methyl/N-ethyl adjacent to an activating group) is 1. The minimum atomic E-state index is -0.736. The highest BCUT2D eigenvalue weighted by molar-refractivity contribution is 5.76. The lowest BCUT2D eigenvalue weighted by Gasteiger charge is -2.44. The zero-order valence-corrected chi connectivity index (χ0v) is 14.2. The lowest BCUT2D eigenvalue weighted by molar-refractivity contribution is -0.166. The van der Waals surface area contributed by atoms with Gasteiger partial charge in [-0.25, -0.2) is 0 Å². The molecule has 0 radical (unpaired) electrons. The largest absolute Gasteiger partial charge is 0.389 e. The smallest absolute Gasteiger partial charge is 0.248 e. The molecule has 0 unspecified atom stereocenters. The van der Waals surface area contributed by atoms with Crippen LogP contribution in [0.2, 0.25) is 0 Å². The molecule has 1 atom stereocenters. The van der Waals surface area contributed by atoms with Crippen molar-refractivity contribution in [1.29, 1.82) is 0 Å². The minimum absolute atomic E-state index is 0.0570. The SMILES string of the molecule is CN(C)C(=O)COC[C@H]1CN(CC(C)(C)O)CC(C)(C)O1. The van der Waals surface area contributed by atoms with Crippen molar-refractivity contribution < 1.29 is 19.4 Å². The van der Waals surface area contributed by atoms with Crippen LogP contribution in [0.4, 0.5) is 0 Å². The summed E-state index contributed by atoms with van der Waals surface area (Å²) in [5.41, 5.74) is -1.03. The zero-order valence-electron chi connectivity index (χ0n) is 14.2. The Morgan fingerprint density at radius 1 is 1.48 bits per heavy atom. The van der Waals surface area contributed by atoms with Gasteiger partial charge in [0.1, 0.15) is 6.61 Å². The van der Waals surface area contributed by atoms with E-state index in [1.54, 1.807) is 27.9 Å². The molecule has 0 aromatic heterocycles. The van der Waals surface area contributed by atoms with E-state index in [1.165, 1.54) is 4.90 Å². The Morgan fingerprint density at radius 2 is 2.10 bits per heavy atom. The van der Waals surface area contributed by atoms with Gasteiger partial charge in [-0.05, 0) is 27.7 Å². The maximum atomic E-state index is 11.5. The topological polar surface area (TPSA) is 62.2 Å². The van der Waals surface area contributed by atoms with Gasteiger partial charge >= 0.3 is 0 Å². The Hall–Kier alpha value is -0.690. The highest BCUT2D eigenvalue weighted by Crippen LogP contribution is 2.22. The van der Waals surface area contributed by atoms with Gasteiger partial charge in [0.2, 0.25) is 5.91 Å². The summed E-state index contributed by atoms with van der Waals surface area (Å²) in [5, 5.41) is 9.97. The van der Waals surface area contributed by atoms with Crippen LogP contribution < -0.4 is 0 Å². The third-order valence-corrected chi connectivity index (χ3v) is 3.19. The molecule has 0 aliphatic carbocycles. The Kier molecular flexibility index (Phi) is 6.16. The number of morpholine rings is 1. The van der Waals surface area contributed by atoms with Crippen molar-refractivity contribution in [3.8, 4) is 0 Å². The van der Waals surface area contributed by atoms with Gasteiger partial charge in [0.05, 0.1) is 23.9 Å². The molecule has 0 spiro atoms. The summed E-state index contributed by atoms with van der Waals surface area (Å²) in [6.45, 7) is 10.2. The van der Waals surface area contributed by atoms with Crippen molar-refractivity contribution in [1.82, 2.24) is 9.80 Å². The van der Waals surface area contributed by atoms with Gasteiger partial charge in [0.15, 0.2) is 0 Å². The van der Waals surface area contributed by atoms with E-state index < -0.39 is 5.60 Å². The second-order valence-electron chi connectivity index (χ2n) is 7.28. The van der Waals surface area contributed by atoms with Gasteiger partial charge in [-0.3, -0.25) is 9.69 Å². The monoisotopic (exact) mass is 302 g/mol. The first-order chi connectivity index (χ1) is 9.48. The van der Waals surface area contributed by atoms with Crippen molar-refractivity contribution >= 4 is 5.91 Å². The third kappa shape index (κ3) is 7.22. The lowest BCUT2D eigenvalue weighted by Crippen LogP contribution is -2.56. The van der Waals surface area contributed by atoms with Crippen LogP contribution in [0.5, 0.6) is 0 Å². The second-order valence-corrected chi connectivity index (χ2v) is 7.28. The van der Waals surface area contributed by atoms with Gasteiger partial charge in [0.25, 0.3) is 0 Å². The first-order valence-corrected chi connectivity index (χ1v) is 7.39. The number of ether oxygens (including phenoxy) is 2. The summed E-state index contributed by atoms with van der Waals surface area (Å²) in [4.78, 5) is 15.2. The first kappa shape index (κ1) is 18.4. The summed E-state index contributed by atoms with van der Waals surface area (Å²) in [5.74, 6) is -0.0570. The Labute approximate surface area is 128 Å². The van der Waals surface area contributed by atoms with Crippen LogP contribution in [0, 0.1) is 0 Å². The maximum Gasteiger partial charge on any atom is 0.248 e. The maximum absolute atomic E-state index is 11.5. The minimum Gasteiger partial charge on any atom is -0.389 e. The number of hydrogen-bond acceptors (Lipinski definition) is 5. The molecule has 1 aliphatic rings. The number of aliphatic hydroxyl groups is 1. The van der Waals surface area contributed by atoms with Crippen molar-refractivity contribution in [3.63, 3.8) is 0 Å². The predicted molar refractivity (Wildman–Crippen MR) is 81.2 cm³/mol. The first-order valence-electron chi connectivity index (χ1n) is 7.39. The molecule has 6 heteroatoms. The Morgan fingerprint density at radius 3 is 2.62 bits per heavy atom. The quantitative estimate of drug-likeness (QED) is 0.767. The molecule has 1 amide bonds. The van der Waals surface area contributed by atoms with Crippen molar-refractivity contribution in [2.24, 2.45) is 0 Å². The van der Waals surface area contributed by atoms with Crippen LogP contribution in [-0.4, -0.2) is 85.1 Å². The molecule has 124 valence electrons. The van der Waals surface area contributed by atoms with Crippen LogP contribution in [0.25, 0.3) is 0 Å². The molecule has 1 aliphatic heterocycles. The standard InChI is InChI=1S/C15H30N2O4/c1-14(2,19)10-17-7-12(21-15(3,4)11-17)8-20-9-13(18)16(5)6/h12,19H,7-11H2,1-6H3/t12-/m1/s1. The van der Waals surface area contributed by atoms with E-state index in [-0.39, 0.29) is 24.2 Å². The average molecular weight is 302 g/mol. The fourth-order valence-corrected chi connectivity index (χ4v) is 2.58. The molecule has 1 saturated heterocycles. The number of β-amino-alcohol motifs (C(OH)–C–C–N with tert-alkyl or cyclic N) is 1. The molecule has 0 aromatic rings. The van der Waals surface area contributed by atoms with Gasteiger partial charge in [-0.2, -0.15) is 0 Å². The van der Waals surface area contributed by atoms with Gasteiger partial charge in [-0.15, -0.1) is 0 Å². The van der Waals surface area contributed by atoms with Gasteiger partial charge < -0.3 is 19.5 Å². The van der Waals surface area contributed by atoms with Crippen LogP contribution in [0.3, 0.4) is 0 Å². The van der Waals surface area contributed by atoms with Crippen molar-refractivity contribution in [2.75, 3.05) is 46.9 Å². The molecule has 0 saturated carbocycles. The van der Waals surface area contributed by atoms with E-state index in [1.807, 2.05) is 13.8 Å². The number of hydrogen-bond donors (Lipinski definition) is 1. The van der Waals surface area contributed by atoms with Gasteiger partial charge in [-0.1, -0.05) is 0 Å². The van der Waals surface area contributed by atoms with Crippen molar-refractivity contribution in [3.05, 3.63) is 0 Å². The predicted octanol–water partition coefficient (Wildman–Crippen LogP) is 0.342. The van der Waals surface area contributed by atoms with Crippen LogP contribution in [0.15, 0.2) is 0 Å². The molecular formula is C15H30N2O4. The van der Waals surface area contributed by atoms with Gasteiger partial charge in [0, 0.05) is 33.7 Å². The van der Waals surface area contributed by atoms with Crippen molar-refractivity contribution in [2.45, 2.75) is 45.0 Å².